The van der Waals surface area contributed by atoms with Gasteiger partial charge in [-0.3, -0.25) is 9.88 Å². The molecular formula is C19H25N3O. The van der Waals surface area contributed by atoms with E-state index in [1.807, 2.05) is 12.3 Å². The van der Waals surface area contributed by atoms with Gasteiger partial charge in [-0.05, 0) is 24.6 Å². The second-order valence-corrected chi connectivity index (χ2v) is 6.04. The van der Waals surface area contributed by atoms with E-state index in [4.69, 9.17) is 4.74 Å². The van der Waals surface area contributed by atoms with Crippen molar-refractivity contribution in [3.8, 4) is 0 Å². The van der Waals surface area contributed by atoms with Crippen LogP contribution in [0.5, 0.6) is 0 Å². The number of aromatic nitrogens is 1. The van der Waals surface area contributed by atoms with E-state index in [1.165, 1.54) is 11.1 Å². The Kier molecular flexibility index (Phi) is 5.75. The summed E-state index contributed by atoms with van der Waals surface area (Å²) in [6.07, 6.45) is 1.88. The zero-order valence-corrected chi connectivity index (χ0v) is 13.7. The van der Waals surface area contributed by atoms with Crippen molar-refractivity contribution in [2.75, 3.05) is 32.8 Å². The molecule has 0 aliphatic carbocycles. The van der Waals surface area contributed by atoms with Crippen LogP contribution in [0.15, 0.2) is 48.7 Å². The Morgan fingerprint density at radius 3 is 2.78 bits per heavy atom. The molecule has 0 radical (unpaired) electrons. The molecule has 4 heteroatoms. The Morgan fingerprint density at radius 1 is 1.17 bits per heavy atom. The van der Waals surface area contributed by atoms with Crippen molar-refractivity contribution in [2.24, 2.45) is 0 Å². The Hall–Kier alpha value is -1.75. The van der Waals surface area contributed by atoms with Gasteiger partial charge >= 0.3 is 0 Å². The summed E-state index contributed by atoms with van der Waals surface area (Å²) < 4.78 is 5.49. The maximum Gasteiger partial charge on any atom is 0.0648 e. The van der Waals surface area contributed by atoms with Crippen molar-refractivity contribution in [1.82, 2.24) is 15.2 Å². The van der Waals surface area contributed by atoms with Gasteiger partial charge in [-0.25, -0.2) is 0 Å². The third kappa shape index (κ3) is 4.61. The highest BCUT2D eigenvalue weighted by Gasteiger charge is 2.23. The molecule has 2 heterocycles. The summed E-state index contributed by atoms with van der Waals surface area (Å²) in [5.74, 6) is 0. The molecule has 1 aliphatic rings. The standard InChI is InChI=1S/C19H25N3O/c1-16-5-4-6-17(13-16)14-20-15-19(18-7-2-3-8-21-18)22-9-11-23-12-10-22/h2-8,13,19-20H,9-12,14-15H2,1H3. The van der Waals surface area contributed by atoms with Crippen LogP contribution in [-0.2, 0) is 11.3 Å². The fourth-order valence-electron chi connectivity index (χ4n) is 3.06. The molecule has 4 nitrogen and oxygen atoms in total. The normalized spacial score (nSPS) is 17.1. The van der Waals surface area contributed by atoms with Crippen molar-refractivity contribution >= 4 is 0 Å². The number of nitrogens with one attached hydrogen (secondary N) is 1. The fraction of sp³-hybridized carbons (Fsp3) is 0.421. The lowest BCUT2D eigenvalue weighted by Crippen LogP contribution is -2.43. The van der Waals surface area contributed by atoms with Crippen LogP contribution in [-0.4, -0.2) is 42.7 Å². The van der Waals surface area contributed by atoms with E-state index in [1.54, 1.807) is 0 Å². The summed E-state index contributed by atoms with van der Waals surface area (Å²) in [5.41, 5.74) is 3.76. The molecule has 0 amide bonds. The zero-order chi connectivity index (χ0) is 15.9. The fourth-order valence-corrected chi connectivity index (χ4v) is 3.06. The smallest absolute Gasteiger partial charge is 0.0648 e. The van der Waals surface area contributed by atoms with Crippen molar-refractivity contribution in [2.45, 2.75) is 19.5 Å². The highest BCUT2D eigenvalue weighted by Crippen LogP contribution is 2.19. The van der Waals surface area contributed by atoms with Crippen molar-refractivity contribution in [3.05, 3.63) is 65.5 Å². The van der Waals surface area contributed by atoms with Crippen molar-refractivity contribution in [3.63, 3.8) is 0 Å². The SMILES string of the molecule is Cc1cccc(CNCC(c2ccccn2)N2CCOCC2)c1. The Labute approximate surface area is 138 Å². The monoisotopic (exact) mass is 311 g/mol. The molecule has 1 aromatic carbocycles. The van der Waals surface area contributed by atoms with Gasteiger partial charge in [0.25, 0.3) is 0 Å². The molecule has 1 N–H and O–H groups in total. The second kappa shape index (κ2) is 8.20. The van der Waals surface area contributed by atoms with Gasteiger partial charge in [-0.1, -0.05) is 35.9 Å². The highest BCUT2D eigenvalue weighted by molar-refractivity contribution is 5.22. The number of morpholine rings is 1. The van der Waals surface area contributed by atoms with Crippen molar-refractivity contribution in [1.29, 1.82) is 0 Å². The first-order valence-electron chi connectivity index (χ1n) is 8.32. The van der Waals surface area contributed by atoms with E-state index < -0.39 is 0 Å². The van der Waals surface area contributed by atoms with Crippen molar-refractivity contribution < 1.29 is 4.74 Å². The summed E-state index contributed by atoms with van der Waals surface area (Å²) >= 11 is 0. The van der Waals surface area contributed by atoms with E-state index in [0.29, 0.717) is 6.04 Å². The van der Waals surface area contributed by atoms with Crippen LogP contribution in [0.25, 0.3) is 0 Å². The van der Waals surface area contributed by atoms with Crippen LogP contribution in [0, 0.1) is 6.92 Å². The maximum atomic E-state index is 5.49. The molecule has 0 saturated carbocycles. The number of nitrogens with zero attached hydrogens (tertiary/aromatic N) is 2. The topological polar surface area (TPSA) is 37.4 Å². The molecule has 1 unspecified atom stereocenters. The van der Waals surface area contributed by atoms with Gasteiger partial charge in [0, 0.05) is 32.4 Å². The Bertz CT molecular complexity index is 597. The summed E-state index contributed by atoms with van der Waals surface area (Å²) in [5, 5.41) is 3.60. The highest BCUT2D eigenvalue weighted by atomic mass is 16.5. The van der Waals surface area contributed by atoms with Crippen LogP contribution in [0.3, 0.4) is 0 Å². The van der Waals surface area contributed by atoms with E-state index in [0.717, 1.165) is 45.1 Å². The lowest BCUT2D eigenvalue weighted by atomic mass is 10.1. The van der Waals surface area contributed by atoms with E-state index >= 15 is 0 Å². The first-order valence-corrected chi connectivity index (χ1v) is 8.32. The average Bonchev–Trinajstić information content (AvgIpc) is 2.60. The van der Waals surface area contributed by atoms with Gasteiger partial charge in [0.2, 0.25) is 0 Å². The van der Waals surface area contributed by atoms with Gasteiger partial charge in [0.15, 0.2) is 0 Å². The Morgan fingerprint density at radius 2 is 2.04 bits per heavy atom. The molecule has 1 atom stereocenters. The molecule has 0 bridgehead atoms. The third-order valence-electron chi connectivity index (χ3n) is 4.26. The number of benzene rings is 1. The quantitative estimate of drug-likeness (QED) is 0.890. The van der Waals surface area contributed by atoms with Crippen LogP contribution in [0.2, 0.25) is 0 Å². The average molecular weight is 311 g/mol. The van der Waals surface area contributed by atoms with Gasteiger partial charge in [-0.15, -0.1) is 0 Å². The van der Waals surface area contributed by atoms with Crippen LogP contribution < -0.4 is 5.32 Å². The zero-order valence-electron chi connectivity index (χ0n) is 13.7. The first-order chi connectivity index (χ1) is 11.3. The summed E-state index contributed by atoms with van der Waals surface area (Å²) in [7, 11) is 0. The number of hydrogen-bond donors (Lipinski definition) is 1. The van der Waals surface area contributed by atoms with E-state index in [2.05, 4.69) is 58.5 Å². The number of pyridine rings is 1. The van der Waals surface area contributed by atoms with Gasteiger partial charge < -0.3 is 10.1 Å². The Balaban J connectivity index is 1.64. The molecular weight excluding hydrogens is 286 g/mol. The molecule has 3 rings (SSSR count). The first kappa shape index (κ1) is 16.1. The molecule has 23 heavy (non-hydrogen) atoms. The number of ether oxygens (including phenoxy) is 1. The third-order valence-corrected chi connectivity index (χ3v) is 4.26. The lowest BCUT2D eigenvalue weighted by molar-refractivity contribution is 0.0152. The molecule has 1 saturated heterocycles. The molecule has 122 valence electrons. The molecule has 1 aromatic heterocycles. The summed E-state index contributed by atoms with van der Waals surface area (Å²) in [4.78, 5) is 7.04. The predicted octanol–water partition coefficient (Wildman–Crippen LogP) is 2.55. The summed E-state index contributed by atoms with van der Waals surface area (Å²) in [6, 6.07) is 15.1. The van der Waals surface area contributed by atoms with E-state index in [9.17, 15) is 0 Å². The van der Waals surface area contributed by atoms with Gasteiger partial charge in [0.1, 0.15) is 0 Å². The second-order valence-electron chi connectivity index (χ2n) is 6.04. The van der Waals surface area contributed by atoms with Crippen LogP contribution in [0.1, 0.15) is 22.9 Å². The minimum atomic E-state index is 0.296. The van der Waals surface area contributed by atoms with Crippen LogP contribution >= 0.6 is 0 Å². The number of hydrogen-bond acceptors (Lipinski definition) is 4. The van der Waals surface area contributed by atoms with Gasteiger partial charge in [-0.2, -0.15) is 0 Å². The molecule has 1 fully saturated rings. The number of aryl methyl sites for hydroxylation is 1. The largest absolute Gasteiger partial charge is 0.379 e. The predicted molar refractivity (Wildman–Crippen MR) is 92.3 cm³/mol. The molecule has 2 aromatic rings. The molecule has 0 spiro atoms. The maximum absolute atomic E-state index is 5.49. The van der Waals surface area contributed by atoms with Crippen LogP contribution in [0.4, 0.5) is 0 Å². The molecule has 1 aliphatic heterocycles. The van der Waals surface area contributed by atoms with E-state index in [-0.39, 0.29) is 0 Å². The van der Waals surface area contributed by atoms with Gasteiger partial charge in [0.05, 0.1) is 24.9 Å². The lowest BCUT2D eigenvalue weighted by Gasteiger charge is -2.34. The minimum Gasteiger partial charge on any atom is -0.379 e. The summed E-state index contributed by atoms with van der Waals surface area (Å²) in [6.45, 7) is 7.46. The number of rotatable bonds is 6. The minimum absolute atomic E-state index is 0.296.